The van der Waals surface area contributed by atoms with Gasteiger partial charge in [0.15, 0.2) is 0 Å². The summed E-state index contributed by atoms with van der Waals surface area (Å²) in [5.41, 5.74) is 1.18. The fourth-order valence-electron chi connectivity index (χ4n) is 3.21. The first-order chi connectivity index (χ1) is 14.5. The Bertz CT molecular complexity index is 1080. The monoisotopic (exact) mass is 402 g/mol. The van der Waals surface area contributed by atoms with Gasteiger partial charge in [0.25, 0.3) is 5.91 Å². The average molecular weight is 402 g/mol. The molecule has 2 amide bonds. The summed E-state index contributed by atoms with van der Waals surface area (Å²) >= 11 is 0. The van der Waals surface area contributed by atoms with E-state index in [2.05, 4.69) is 5.32 Å². The van der Waals surface area contributed by atoms with Gasteiger partial charge in [0.1, 0.15) is 17.5 Å². The van der Waals surface area contributed by atoms with Crippen LogP contribution in [0.15, 0.2) is 78.9 Å². The van der Waals surface area contributed by atoms with E-state index in [0.29, 0.717) is 22.9 Å². The van der Waals surface area contributed by atoms with Gasteiger partial charge >= 0.3 is 5.97 Å². The lowest BCUT2D eigenvalue weighted by atomic mass is 10.2. The van der Waals surface area contributed by atoms with E-state index in [1.54, 1.807) is 36.4 Å². The molecule has 30 heavy (non-hydrogen) atoms. The van der Waals surface area contributed by atoms with Gasteiger partial charge in [0, 0.05) is 5.69 Å². The van der Waals surface area contributed by atoms with Crippen molar-refractivity contribution in [2.45, 2.75) is 12.5 Å². The molecule has 0 spiro atoms. The minimum atomic E-state index is -1.03. The van der Waals surface area contributed by atoms with Crippen molar-refractivity contribution in [1.82, 2.24) is 0 Å². The molecular weight excluding hydrogens is 384 g/mol. The standard InChI is InChI=1S/C23H18N2O5/c26-21-14-20(24-16-8-6-15(7-9-16)23(28)29)22(27)25(21)17-10-12-19(13-11-17)30-18-4-2-1-3-5-18/h1-13,20,24H,14H2,(H,28,29)/t20-/m1/s1. The minimum absolute atomic E-state index is 0.0157. The van der Waals surface area contributed by atoms with Crippen LogP contribution in [0.3, 0.4) is 0 Å². The van der Waals surface area contributed by atoms with Gasteiger partial charge in [-0.2, -0.15) is 0 Å². The number of carboxylic acid groups (broad SMARTS) is 1. The highest BCUT2D eigenvalue weighted by Crippen LogP contribution is 2.28. The summed E-state index contributed by atoms with van der Waals surface area (Å²) < 4.78 is 5.73. The molecule has 7 heteroatoms. The molecular formula is C23H18N2O5. The maximum atomic E-state index is 12.8. The van der Waals surface area contributed by atoms with Crippen LogP contribution in [-0.4, -0.2) is 28.9 Å². The van der Waals surface area contributed by atoms with Crippen LogP contribution in [0.4, 0.5) is 11.4 Å². The number of rotatable bonds is 6. The first-order valence-corrected chi connectivity index (χ1v) is 9.31. The van der Waals surface area contributed by atoms with Crippen molar-refractivity contribution in [1.29, 1.82) is 0 Å². The molecule has 0 aliphatic carbocycles. The third kappa shape index (κ3) is 4.00. The lowest BCUT2D eigenvalue weighted by Crippen LogP contribution is -2.34. The second-order valence-electron chi connectivity index (χ2n) is 6.76. The first kappa shape index (κ1) is 19.2. The maximum absolute atomic E-state index is 12.8. The number of anilines is 2. The molecule has 1 saturated heterocycles. The lowest BCUT2D eigenvalue weighted by Gasteiger charge is -2.16. The summed E-state index contributed by atoms with van der Waals surface area (Å²) in [7, 11) is 0. The second kappa shape index (κ2) is 8.08. The fourth-order valence-corrected chi connectivity index (χ4v) is 3.21. The zero-order chi connectivity index (χ0) is 21.1. The average Bonchev–Trinajstić information content (AvgIpc) is 3.03. The smallest absolute Gasteiger partial charge is 0.335 e. The molecule has 0 bridgehead atoms. The maximum Gasteiger partial charge on any atom is 0.335 e. The van der Waals surface area contributed by atoms with Gasteiger partial charge < -0.3 is 15.2 Å². The molecule has 0 saturated carbocycles. The Morgan fingerprint density at radius 1 is 0.900 bits per heavy atom. The van der Waals surface area contributed by atoms with E-state index in [4.69, 9.17) is 9.84 Å². The van der Waals surface area contributed by atoms with Gasteiger partial charge in [-0.3, -0.25) is 9.59 Å². The topological polar surface area (TPSA) is 95.9 Å². The summed E-state index contributed by atoms with van der Waals surface area (Å²) in [6.45, 7) is 0. The summed E-state index contributed by atoms with van der Waals surface area (Å²) in [6.07, 6.45) is 0.0157. The van der Waals surface area contributed by atoms with E-state index in [1.165, 1.54) is 12.1 Å². The van der Waals surface area contributed by atoms with Gasteiger partial charge in [0.2, 0.25) is 5.91 Å². The SMILES string of the molecule is O=C(O)c1ccc(N[C@@H]2CC(=O)N(c3ccc(Oc4ccccc4)cc3)C2=O)cc1. The quantitative estimate of drug-likeness (QED) is 0.607. The molecule has 1 aliphatic rings. The Labute approximate surface area is 172 Å². The van der Waals surface area contributed by atoms with Crippen molar-refractivity contribution in [2.24, 2.45) is 0 Å². The van der Waals surface area contributed by atoms with Gasteiger partial charge in [-0.05, 0) is 60.7 Å². The van der Waals surface area contributed by atoms with E-state index < -0.39 is 12.0 Å². The van der Waals surface area contributed by atoms with Crippen LogP contribution in [0.2, 0.25) is 0 Å². The van der Waals surface area contributed by atoms with E-state index in [1.807, 2.05) is 30.3 Å². The zero-order valence-corrected chi connectivity index (χ0v) is 15.8. The number of imide groups is 1. The molecule has 3 aromatic rings. The van der Waals surface area contributed by atoms with E-state index >= 15 is 0 Å². The number of carbonyl (C=O) groups is 3. The molecule has 2 N–H and O–H groups in total. The molecule has 1 heterocycles. The summed E-state index contributed by atoms with van der Waals surface area (Å²) in [5, 5.41) is 12.0. The summed E-state index contributed by atoms with van der Waals surface area (Å²) in [5.74, 6) is -0.413. The van der Waals surface area contributed by atoms with Crippen LogP contribution >= 0.6 is 0 Å². The number of ether oxygens (including phenoxy) is 1. The predicted octanol–water partition coefficient (Wildman–Crippen LogP) is 3.92. The summed E-state index contributed by atoms with van der Waals surface area (Å²) in [4.78, 5) is 37.3. The number of hydrogen-bond donors (Lipinski definition) is 2. The molecule has 1 atom stereocenters. The first-order valence-electron chi connectivity index (χ1n) is 9.31. The highest BCUT2D eigenvalue weighted by atomic mass is 16.5. The molecule has 1 fully saturated rings. The number of nitrogens with zero attached hydrogens (tertiary/aromatic N) is 1. The van der Waals surface area contributed by atoms with Gasteiger partial charge in [-0.25, -0.2) is 9.69 Å². The largest absolute Gasteiger partial charge is 0.478 e. The number of hydrogen-bond acceptors (Lipinski definition) is 5. The Morgan fingerprint density at radius 2 is 1.53 bits per heavy atom. The highest BCUT2D eigenvalue weighted by Gasteiger charge is 2.39. The van der Waals surface area contributed by atoms with Crippen LogP contribution in [0.5, 0.6) is 11.5 Å². The Kier molecular flexibility index (Phi) is 5.17. The molecule has 0 radical (unpaired) electrons. The molecule has 150 valence electrons. The van der Waals surface area contributed by atoms with Crippen LogP contribution in [0, 0.1) is 0 Å². The van der Waals surface area contributed by atoms with Gasteiger partial charge in [-0.1, -0.05) is 18.2 Å². The zero-order valence-electron chi connectivity index (χ0n) is 15.8. The van der Waals surface area contributed by atoms with E-state index in [-0.39, 0.29) is 23.8 Å². The lowest BCUT2D eigenvalue weighted by molar-refractivity contribution is -0.121. The highest BCUT2D eigenvalue weighted by molar-refractivity contribution is 6.23. The third-order valence-electron chi connectivity index (χ3n) is 4.69. The number of carbonyl (C=O) groups excluding carboxylic acids is 2. The number of amides is 2. The molecule has 0 aromatic heterocycles. The Balaban J connectivity index is 1.45. The molecule has 3 aromatic carbocycles. The summed E-state index contributed by atoms with van der Waals surface area (Å²) in [6, 6.07) is 21.3. The van der Waals surface area contributed by atoms with Crippen LogP contribution in [-0.2, 0) is 9.59 Å². The van der Waals surface area contributed by atoms with Crippen molar-refractivity contribution >= 4 is 29.2 Å². The number of para-hydroxylation sites is 1. The van der Waals surface area contributed by atoms with Crippen LogP contribution < -0.4 is 15.0 Å². The second-order valence-corrected chi connectivity index (χ2v) is 6.76. The van der Waals surface area contributed by atoms with Crippen molar-refractivity contribution in [3.05, 3.63) is 84.4 Å². The predicted molar refractivity (Wildman–Crippen MR) is 111 cm³/mol. The van der Waals surface area contributed by atoms with Crippen LogP contribution in [0.1, 0.15) is 16.8 Å². The number of carboxylic acids is 1. The number of nitrogens with one attached hydrogen (secondary N) is 1. The van der Waals surface area contributed by atoms with Crippen LogP contribution in [0.25, 0.3) is 0 Å². The normalized spacial score (nSPS) is 15.9. The molecule has 1 aliphatic heterocycles. The Morgan fingerprint density at radius 3 is 2.17 bits per heavy atom. The number of aromatic carboxylic acids is 1. The molecule has 0 unspecified atom stereocenters. The molecule has 7 nitrogen and oxygen atoms in total. The number of benzene rings is 3. The van der Waals surface area contributed by atoms with Crippen molar-refractivity contribution < 1.29 is 24.2 Å². The fraction of sp³-hybridized carbons (Fsp3) is 0.0870. The minimum Gasteiger partial charge on any atom is -0.478 e. The molecule has 4 rings (SSSR count). The van der Waals surface area contributed by atoms with E-state index in [9.17, 15) is 14.4 Å². The third-order valence-corrected chi connectivity index (χ3v) is 4.69. The van der Waals surface area contributed by atoms with Gasteiger partial charge in [0.05, 0.1) is 17.7 Å². The van der Waals surface area contributed by atoms with E-state index in [0.717, 1.165) is 4.90 Å². The van der Waals surface area contributed by atoms with Crippen molar-refractivity contribution in [3.8, 4) is 11.5 Å². The Hall–Kier alpha value is -4.13. The van der Waals surface area contributed by atoms with Gasteiger partial charge in [-0.15, -0.1) is 0 Å². The van der Waals surface area contributed by atoms with Crippen molar-refractivity contribution in [3.63, 3.8) is 0 Å². The van der Waals surface area contributed by atoms with Crippen molar-refractivity contribution in [2.75, 3.05) is 10.2 Å².